The van der Waals surface area contributed by atoms with Gasteiger partial charge in [-0.3, -0.25) is 14.4 Å². The SMILES string of the molecule is Cc1ccccc1C(=O)N[C@H](C(=O)NCC(=O)NC(C)C)C(C)C. The van der Waals surface area contributed by atoms with Gasteiger partial charge in [-0.05, 0) is 38.3 Å². The molecule has 0 radical (unpaired) electrons. The summed E-state index contributed by atoms with van der Waals surface area (Å²) in [6.45, 7) is 9.11. The molecule has 6 heteroatoms. The summed E-state index contributed by atoms with van der Waals surface area (Å²) in [7, 11) is 0. The highest BCUT2D eigenvalue weighted by molar-refractivity contribution is 5.99. The van der Waals surface area contributed by atoms with E-state index in [1.54, 1.807) is 12.1 Å². The minimum absolute atomic E-state index is 0.0102. The van der Waals surface area contributed by atoms with Crippen molar-refractivity contribution in [3.05, 3.63) is 35.4 Å². The molecule has 0 heterocycles. The van der Waals surface area contributed by atoms with Crippen molar-refractivity contribution in [1.82, 2.24) is 16.0 Å². The van der Waals surface area contributed by atoms with Gasteiger partial charge >= 0.3 is 0 Å². The molecule has 0 saturated heterocycles. The molecule has 0 aliphatic carbocycles. The minimum Gasteiger partial charge on any atom is -0.352 e. The quantitative estimate of drug-likeness (QED) is 0.705. The number of benzene rings is 1. The lowest BCUT2D eigenvalue weighted by atomic mass is 10.0. The predicted octanol–water partition coefficient (Wildman–Crippen LogP) is 1.39. The highest BCUT2D eigenvalue weighted by Crippen LogP contribution is 2.09. The zero-order chi connectivity index (χ0) is 18.3. The Morgan fingerprint density at radius 2 is 1.62 bits per heavy atom. The van der Waals surface area contributed by atoms with E-state index in [1.165, 1.54) is 0 Å². The first kappa shape index (κ1) is 19.7. The van der Waals surface area contributed by atoms with Gasteiger partial charge in [0.25, 0.3) is 5.91 Å². The molecule has 3 N–H and O–H groups in total. The highest BCUT2D eigenvalue weighted by atomic mass is 16.2. The standard InChI is InChI=1S/C18H27N3O3/c1-11(2)16(18(24)19-10-15(22)20-12(3)4)21-17(23)14-9-7-6-8-13(14)5/h6-9,11-12,16H,10H2,1-5H3,(H,19,24)(H,20,22)(H,21,23)/t16-/m0/s1. The molecular weight excluding hydrogens is 306 g/mol. The van der Waals surface area contributed by atoms with Crippen molar-refractivity contribution in [1.29, 1.82) is 0 Å². The molecule has 3 amide bonds. The molecule has 1 rings (SSSR count). The topological polar surface area (TPSA) is 87.3 Å². The Hall–Kier alpha value is -2.37. The predicted molar refractivity (Wildman–Crippen MR) is 93.6 cm³/mol. The first-order valence-corrected chi connectivity index (χ1v) is 8.16. The first-order chi connectivity index (χ1) is 11.2. The summed E-state index contributed by atoms with van der Waals surface area (Å²) in [6.07, 6.45) is 0. The summed E-state index contributed by atoms with van der Waals surface area (Å²) < 4.78 is 0. The Morgan fingerprint density at radius 3 is 2.17 bits per heavy atom. The molecule has 1 atom stereocenters. The smallest absolute Gasteiger partial charge is 0.252 e. The Balaban J connectivity index is 2.70. The average Bonchev–Trinajstić information content (AvgIpc) is 2.49. The normalized spacial score (nSPS) is 12.0. The second kappa shape index (κ2) is 9.05. The maximum atomic E-state index is 12.4. The summed E-state index contributed by atoms with van der Waals surface area (Å²) in [5, 5.41) is 8.03. The van der Waals surface area contributed by atoms with E-state index in [9.17, 15) is 14.4 Å². The largest absolute Gasteiger partial charge is 0.352 e. The number of rotatable bonds is 7. The van der Waals surface area contributed by atoms with Crippen LogP contribution in [0.5, 0.6) is 0 Å². The lowest BCUT2D eigenvalue weighted by Gasteiger charge is -2.22. The van der Waals surface area contributed by atoms with Gasteiger partial charge < -0.3 is 16.0 Å². The molecule has 0 unspecified atom stereocenters. The van der Waals surface area contributed by atoms with Crippen molar-refractivity contribution in [3.8, 4) is 0 Å². The van der Waals surface area contributed by atoms with Crippen LogP contribution in [0.4, 0.5) is 0 Å². The van der Waals surface area contributed by atoms with Crippen LogP contribution in [-0.2, 0) is 9.59 Å². The second-order valence-electron chi connectivity index (χ2n) is 6.45. The van der Waals surface area contributed by atoms with Crippen LogP contribution in [0.15, 0.2) is 24.3 Å². The Labute approximate surface area is 143 Å². The summed E-state index contributed by atoms with van der Waals surface area (Å²) in [5.41, 5.74) is 1.38. The number of nitrogens with one attached hydrogen (secondary N) is 3. The number of amides is 3. The van der Waals surface area contributed by atoms with Gasteiger partial charge in [-0.25, -0.2) is 0 Å². The third-order valence-electron chi connectivity index (χ3n) is 3.50. The van der Waals surface area contributed by atoms with Gasteiger partial charge in [-0.15, -0.1) is 0 Å². The second-order valence-corrected chi connectivity index (χ2v) is 6.45. The third kappa shape index (κ3) is 6.02. The van der Waals surface area contributed by atoms with Crippen LogP contribution in [0.3, 0.4) is 0 Å². The number of hydrogen-bond donors (Lipinski definition) is 3. The fourth-order valence-corrected chi connectivity index (χ4v) is 2.23. The number of carbonyl (C=O) groups excluding carboxylic acids is 3. The van der Waals surface area contributed by atoms with Gasteiger partial charge in [0, 0.05) is 11.6 Å². The summed E-state index contributed by atoms with van der Waals surface area (Å²) in [6, 6.07) is 6.50. The molecule has 0 fully saturated rings. The molecule has 1 aromatic carbocycles. The summed E-state index contributed by atoms with van der Waals surface area (Å²) in [4.78, 5) is 36.3. The van der Waals surface area contributed by atoms with Gasteiger partial charge in [-0.2, -0.15) is 0 Å². The zero-order valence-corrected chi connectivity index (χ0v) is 15.0. The maximum Gasteiger partial charge on any atom is 0.252 e. The lowest BCUT2D eigenvalue weighted by Crippen LogP contribution is -2.51. The van der Waals surface area contributed by atoms with Gasteiger partial charge in [0.05, 0.1) is 6.54 Å². The Kier molecular flexibility index (Phi) is 7.42. The number of aryl methyl sites for hydroxylation is 1. The zero-order valence-electron chi connectivity index (χ0n) is 15.0. The van der Waals surface area contributed by atoms with Crippen molar-refractivity contribution in [2.75, 3.05) is 6.54 Å². The first-order valence-electron chi connectivity index (χ1n) is 8.16. The van der Waals surface area contributed by atoms with E-state index in [0.29, 0.717) is 5.56 Å². The molecule has 6 nitrogen and oxygen atoms in total. The highest BCUT2D eigenvalue weighted by Gasteiger charge is 2.25. The number of carbonyl (C=O) groups is 3. The molecule has 24 heavy (non-hydrogen) atoms. The molecule has 1 aromatic rings. The van der Waals surface area contributed by atoms with E-state index < -0.39 is 6.04 Å². The van der Waals surface area contributed by atoms with Crippen LogP contribution < -0.4 is 16.0 Å². The van der Waals surface area contributed by atoms with Crippen LogP contribution in [0.1, 0.15) is 43.6 Å². The van der Waals surface area contributed by atoms with Crippen molar-refractivity contribution >= 4 is 17.7 Å². The molecule has 0 aromatic heterocycles. The maximum absolute atomic E-state index is 12.4. The van der Waals surface area contributed by atoms with Crippen LogP contribution >= 0.6 is 0 Å². The molecule has 0 saturated carbocycles. The fourth-order valence-electron chi connectivity index (χ4n) is 2.23. The molecule has 0 aliphatic heterocycles. The van der Waals surface area contributed by atoms with E-state index in [4.69, 9.17) is 0 Å². The van der Waals surface area contributed by atoms with Crippen molar-refractivity contribution in [2.45, 2.75) is 46.7 Å². The fraction of sp³-hybridized carbons (Fsp3) is 0.500. The molecular formula is C18H27N3O3. The van der Waals surface area contributed by atoms with Crippen LogP contribution in [0, 0.1) is 12.8 Å². The minimum atomic E-state index is -0.705. The third-order valence-corrected chi connectivity index (χ3v) is 3.50. The monoisotopic (exact) mass is 333 g/mol. The van der Waals surface area contributed by atoms with Gasteiger partial charge in [0.15, 0.2) is 0 Å². The van der Waals surface area contributed by atoms with Gasteiger partial charge in [-0.1, -0.05) is 32.0 Å². The molecule has 0 aliphatic rings. The summed E-state index contributed by atoms with van der Waals surface area (Å²) in [5.74, 6) is -1.03. The van der Waals surface area contributed by atoms with Gasteiger partial charge in [0.1, 0.15) is 6.04 Å². The van der Waals surface area contributed by atoms with E-state index in [-0.39, 0.29) is 36.2 Å². The summed E-state index contributed by atoms with van der Waals surface area (Å²) >= 11 is 0. The van der Waals surface area contributed by atoms with Crippen LogP contribution in [0.25, 0.3) is 0 Å². The van der Waals surface area contributed by atoms with Crippen LogP contribution in [-0.4, -0.2) is 36.3 Å². The Bertz CT molecular complexity index is 597. The van der Waals surface area contributed by atoms with Gasteiger partial charge in [0.2, 0.25) is 11.8 Å². The van der Waals surface area contributed by atoms with Crippen LogP contribution in [0.2, 0.25) is 0 Å². The lowest BCUT2D eigenvalue weighted by molar-refractivity contribution is -0.128. The van der Waals surface area contributed by atoms with Crippen molar-refractivity contribution in [3.63, 3.8) is 0 Å². The number of hydrogen-bond acceptors (Lipinski definition) is 3. The molecule has 0 bridgehead atoms. The van der Waals surface area contributed by atoms with Crippen molar-refractivity contribution < 1.29 is 14.4 Å². The average molecular weight is 333 g/mol. The van der Waals surface area contributed by atoms with E-state index >= 15 is 0 Å². The van der Waals surface area contributed by atoms with Crippen molar-refractivity contribution in [2.24, 2.45) is 5.92 Å². The Morgan fingerprint density at radius 1 is 1.00 bits per heavy atom. The van der Waals surface area contributed by atoms with E-state index in [1.807, 2.05) is 46.8 Å². The van der Waals surface area contributed by atoms with E-state index in [0.717, 1.165) is 5.56 Å². The van der Waals surface area contributed by atoms with E-state index in [2.05, 4.69) is 16.0 Å². The molecule has 132 valence electrons. The molecule has 0 spiro atoms.